The molecule has 4 heterocycles. The Balaban J connectivity index is 1.44. The van der Waals surface area contributed by atoms with Crippen molar-refractivity contribution in [2.45, 2.75) is 25.8 Å². The van der Waals surface area contributed by atoms with Crippen molar-refractivity contribution in [1.82, 2.24) is 29.7 Å². The molecule has 3 aromatic rings. The molecule has 0 atom stereocenters. The first-order chi connectivity index (χ1) is 12.1. The van der Waals surface area contributed by atoms with Gasteiger partial charge in [0, 0.05) is 50.2 Å². The Kier molecular flexibility index (Phi) is 3.87. The van der Waals surface area contributed by atoms with Gasteiger partial charge in [0.1, 0.15) is 11.5 Å². The summed E-state index contributed by atoms with van der Waals surface area (Å²) in [5.74, 6) is 0.997. The number of fused-ring (bicyclic) bond motifs is 1. The number of amides is 1. The SMILES string of the molecule is Cc1cc(N2CCC(NC(=O)c3ccnn3C)CC2)n2nccc2n1. The van der Waals surface area contributed by atoms with Crippen molar-refractivity contribution in [1.29, 1.82) is 0 Å². The fraction of sp³-hybridized carbons (Fsp3) is 0.412. The standard InChI is InChI=1S/C17H21N7O/c1-12-11-16(24-15(20-12)4-8-19-24)23-9-5-13(6-10-23)21-17(25)14-3-7-18-22(14)2/h3-4,7-8,11,13H,5-6,9-10H2,1-2H3,(H,21,25). The molecule has 1 fully saturated rings. The molecule has 1 aliphatic rings. The quantitative estimate of drug-likeness (QED) is 0.775. The summed E-state index contributed by atoms with van der Waals surface area (Å²) in [6.45, 7) is 3.74. The van der Waals surface area contributed by atoms with Crippen molar-refractivity contribution < 1.29 is 4.79 Å². The van der Waals surface area contributed by atoms with Gasteiger partial charge in [-0.3, -0.25) is 9.48 Å². The second-order valence-electron chi connectivity index (χ2n) is 6.43. The molecule has 130 valence electrons. The van der Waals surface area contributed by atoms with E-state index in [1.807, 2.05) is 17.5 Å². The number of aryl methyl sites for hydroxylation is 2. The van der Waals surface area contributed by atoms with Gasteiger partial charge in [0.25, 0.3) is 5.91 Å². The van der Waals surface area contributed by atoms with E-state index in [2.05, 4.69) is 31.5 Å². The summed E-state index contributed by atoms with van der Waals surface area (Å²) < 4.78 is 3.47. The van der Waals surface area contributed by atoms with E-state index in [4.69, 9.17) is 0 Å². The van der Waals surface area contributed by atoms with Crippen LogP contribution in [0, 0.1) is 6.92 Å². The maximum absolute atomic E-state index is 12.3. The van der Waals surface area contributed by atoms with Crippen LogP contribution in [0.4, 0.5) is 5.82 Å². The predicted molar refractivity (Wildman–Crippen MR) is 93.6 cm³/mol. The zero-order valence-electron chi connectivity index (χ0n) is 14.4. The average molecular weight is 339 g/mol. The highest BCUT2D eigenvalue weighted by molar-refractivity contribution is 5.92. The lowest BCUT2D eigenvalue weighted by molar-refractivity contribution is 0.0921. The minimum absolute atomic E-state index is 0.0623. The van der Waals surface area contributed by atoms with Crippen LogP contribution >= 0.6 is 0 Å². The summed E-state index contributed by atoms with van der Waals surface area (Å²) >= 11 is 0. The Hall–Kier alpha value is -2.90. The van der Waals surface area contributed by atoms with E-state index in [1.54, 1.807) is 30.2 Å². The number of carbonyl (C=O) groups excluding carboxylic acids is 1. The number of nitrogens with zero attached hydrogens (tertiary/aromatic N) is 6. The minimum Gasteiger partial charge on any atom is -0.356 e. The maximum Gasteiger partial charge on any atom is 0.269 e. The van der Waals surface area contributed by atoms with Crippen molar-refractivity contribution in [3.8, 4) is 0 Å². The molecule has 0 radical (unpaired) electrons. The van der Waals surface area contributed by atoms with Crippen molar-refractivity contribution in [2.24, 2.45) is 7.05 Å². The second kappa shape index (κ2) is 6.19. The molecule has 1 aliphatic heterocycles. The van der Waals surface area contributed by atoms with E-state index in [9.17, 15) is 4.79 Å². The lowest BCUT2D eigenvalue weighted by atomic mass is 10.0. The van der Waals surface area contributed by atoms with Crippen molar-refractivity contribution in [2.75, 3.05) is 18.0 Å². The molecule has 3 aromatic heterocycles. The van der Waals surface area contributed by atoms with Crippen molar-refractivity contribution in [3.63, 3.8) is 0 Å². The Morgan fingerprint density at radius 3 is 2.68 bits per heavy atom. The predicted octanol–water partition coefficient (Wildman–Crippen LogP) is 1.17. The molecule has 8 heteroatoms. The second-order valence-corrected chi connectivity index (χ2v) is 6.43. The zero-order valence-corrected chi connectivity index (χ0v) is 14.4. The van der Waals surface area contributed by atoms with Gasteiger partial charge in [0.15, 0.2) is 5.65 Å². The first-order valence-electron chi connectivity index (χ1n) is 8.47. The van der Waals surface area contributed by atoms with Gasteiger partial charge in [-0.05, 0) is 25.8 Å². The minimum atomic E-state index is -0.0623. The van der Waals surface area contributed by atoms with Crippen molar-refractivity contribution >= 4 is 17.4 Å². The topological polar surface area (TPSA) is 80.4 Å². The third kappa shape index (κ3) is 2.95. The molecule has 1 amide bonds. The molecule has 8 nitrogen and oxygen atoms in total. The maximum atomic E-state index is 12.3. The monoisotopic (exact) mass is 339 g/mol. The average Bonchev–Trinajstić information content (AvgIpc) is 3.23. The Labute approximate surface area is 145 Å². The van der Waals surface area contributed by atoms with Crippen LogP contribution in [-0.4, -0.2) is 49.4 Å². The number of hydrogen-bond donors (Lipinski definition) is 1. The molecule has 0 saturated carbocycles. The van der Waals surface area contributed by atoms with Crippen LogP contribution in [0.1, 0.15) is 29.0 Å². The highest BCUT2D eigenvalue weighted by Gasteiger charge is 2.24. The van der Waals surface area contributed by atoms with E-state index in [1.165, 1.54) is 0 Å². The van der Waals surface area contributed by atoms with Crippen LogP contribution < -0.4 is 10.2 Å². The molecule has 0 spiro atoms. The van der Waals surface area contributed by atoms with Gasteiger partial charge < -0.3 is 10.2 Å². The first-order valence-corrected chi connectivity index (χ1v) is 8.47. The third-order valence-corrected chi connectivity index (χ3v) is 4.68. The number of anilines is 1. The van der Waals surface area contributed by atoms with E-state index < -0.39 is 0 Å². The Morgan fingerprint density at radius 1 is 1.20 bits per heavy atom. The van der Waals surface area contributed by atoms with E-state index in [-0.39, 0.29) is 11.9 Å². The van der Waals surface area contributed by atoms with Gasteiger partial charge in [0.05, 0.1) is 6.20 Å². The van der Waals surface area contributed by atoms with Gasteiger partial charge in [-0.2, -0.15) is 14.7 Å². The largest absolute Gasteiger partial charge is 0.356 e. The van der Waals surface area contributed by atoms with Crippen LogP contribution in [0.15, 0.2) is 30.6 Å². The Morgan fingerprint density at radius 2 is 1.96 bits per heavy atom. The van der Waals surface area contributed by atoms with E-state index in [0.29, 0.717) is 5.69 Å². The molecule has 25 heavy (non-hydrogen) atoms. The number of piperidine rings is 1. The normalized spacial score (nSPS) is 15.7. The highest BCUT2D eigenvalue weighted by atomic mass is 16.2. The van der Waals surface area contributed by atoms with Gasteiger partial charge >= 0.3 is 0 Å². The highest BCUT2D eigenvalue weighted by Crippen LogP contribution is 2.21. The molecule has 1 saturated heterocycles. The molecule has 0 bridgehead atoms. The van der Waals surface area contributed by atoms with Crippen LogP contribution in [-0.2, 0) is 7.05 Å². The van der Waals surface area contributed by atoms with Gasteiger partial charge in [-0.1, -0.05) is 0 Å². The Bertz CT molecular complexity index is 905. The van der Waals surface area contributed by atoms with E-state index >= 15 is 0 Å². The molecule has 1 N–H and O–H groups in total. The molecule has 0 aromatic carbocycles. The first kappa shape index (κ1) is 15.6. The van der Waals surface area contributed by atoms with Crippen LogP contribution in [0.5, 0.6) is 0 Å². The summed E-state index contributed by atoms with van der Waals surface area (Å²) in [5.41, 5.74) is 2.43. The smallest absolute Gasteiger partial charge is 0.269 e. The summed E-state index contributed by atoms with van der Waals surface area (Å²) in [7, 11) is 1.78. The number of carbonyl (C=O) groups is 1. The number of nitrogens with one attached hydrogen (secondary N) is 1. The third-order valence-electron chi connectivity index (χ3n) is 4.68. The lowest BCUT2D eigenvalue weighted by Crippen LogP contribution is -2.45. The van der Waals surface area contributed by atoms with Crippen LogP contribution in [0.2, 0.25) is 0 Å². The van der Waals surface area contributed by atoms with Gasteiger partial charge in [0.2, 0.25) is 0 Å². The summed E-state index contributed by atoms with van der Waals surface area (Å²) in [6.07, 6.45) is 5.20. The zero-order chi connectivity index (χ0) is 17.4. The molecule has 0 aliphatic carbocycles. The fourth-order valence-electron chi connectivity index (χ4n) is 3.35. The molecule has 0 unspecified atom stereocenters. The van der Waals surface area contributed by atoms with Crippen LogP contribution in [0.25, 0.3) is 5.65 Å². The molecular formula is C17H21N7O. The van der Waals surface area contributed by atoms with Crippen LogP contribution in [0.3, 0.4) is 0 Å². The van der Waals surface area contributed by atoms with E-state index in [0.717, 1.165) is 43.1 Å². The fourth-order valence-corrected chi connectivity index (χ4v) is 3.35. The number of aromatic nitrogens is 5. The van der Waals surface area contributed by atoms with Gasteiger partial charge in [-0.25, -0.2) is 4.98 Å². The number of hydrogen-bond acceptors (Lipinski definition) is 5. The number of rotatable bonds is 3. The van der Waals surface area contributed by atoms with Crippen molar-refractivity contribution in [3.05, 3.63) is 42.0 Å². The molecule has 4 rings (SSSR count). The molecular weight excluding hydrogens is 318 g/mol. The lowest BCUT2D eigenvalue weighted by Gasteiger charge is -2.33. The summed E-state index contributed by atoms with van der Waals surface area (Å²) in [5, 5.41) is 11.5. The summed E-state index contributed by atoms with van der Waals surface area (Å²) in [4.78, 5) is 19.1. The summed E-state index contributed by atoms with van der Waals surface area (Å²) in [6, 6.07) is 5.89. The van der Waals surface area contributed by atoms with Gasteiger partial charge in [-0.15, -0.1) is 0 Å².